The van der Waals surface area contributed by atoms with E-state index < -0.39 is 23.2 Å². The number of carbonyl (C=O) groups is 1. The van der Waals surface area contributed by atoms with Gasteiger partial charge in [-0.1, -0.05) is 6.07 Å². The number of anilines is 2. The van der Waals surface area contributed by atoms with Crippen LogP contribution in [0, 0.1) is 11.6 Å². The van der Waals surface area contributed by atoms with Crippen LogP contribution in [0.2, 0.25) is 0 Å². The summed E-state index contributed by atoms with van der Waals surface area (Å²) < 4.78 is 26.9. The third kappa shape index (κ3) is 3.16. The molecule has 0 radical (unpaired) electrons. The molecule has 4 nitrogen and oxygen atoms in total. The third-order valence-corrected chi connectivity index (χ3v) is 3.15. The van der Waals surface area contributed by atoms with Crippen molar-refractivity contribution < 1.29 is 13.6 Å². The summed E-state index contributed by atoms with van der Waals surface area (Å²) in [6, 6.07) is 7.11. The fourth-order valence-corrected chi connectivity index (χ4v) is 1.87. The Kier molecular flexibility index (Phi) is 3.51. The van der Waals surface area contributed by atoms with E-state index in [1.807, 2.05) is 0 Å². The van der Waals surface area contributed by atoms with Gasteiger partial charge in [-0.05, 0) is 37.1 Å². The first-order chi connectivity index (χ1) is 10.1. The number of pyridine rings is 1. The van der Waals surface area contributed by atoms with Crippen LogP contribution in [0.1, 0.15) is 23.3 Å². The molecule has 0 unspecified atom stereocenters. The predicted octanol–water partition coefficient (Wildman–Crippen LogP) is 3.19. The molecule has 3 rings (SSSR count). The summed E-state index contributed by atoms with van der Waals surface area (Å²) in [6.07, 6.45) is 3.80. The molecule has 1 amide bonds. The van der Waals surface area contributed by atoms with Crippen LogP contribution in [-0.2, 0) is 0 Å². The Labute approximate surface area is 120 Å². The number of carbonyl (C=O) groups excluding carboxylic acids is 1. The lowest BCUT2D eigenvalue weighted by atomic mass is 10.2. The molecule has 1 heterocycles. The van der Waals surface area contributed by atoms with Crippen molar-refractivity contribution in [2.75, 3.05) is 10.6 Å². The predicted molar refractivity (Wildman–Crippen MR) is 75.2 cm³/mol. The normalized spacial score (nSPS) is 13.8. The molecule has 2 aromatic rings. The number of benzene rings is 1. The lowest BCUT2D eigenvalue weighted by Crippen LogP contribution is -2.16. The summed E-state index contributed by atoms with van der Waals surface area (Å²) in [5.41, 5.74) is 0.453. The van der Waals surface area contributed by atoms with Crippen LogP contribution >= 0.6 is 0 Å². The molecule has 1 fully saturated rings. The van der Waals surface area contributed by atoms with E-state index in [1.165, 1.54) is 18.3 Å². The van der Waals surface area contributed by atoms with Crippen LogP contribution in [0.4, 0.5) is 20.2 Å². The Morgan fingerprint density at radius 2 is 1.86 bits per heavy atom. The van der Waals surface area contributed by atoms with Gasteiger partial charge in [0.25, 0.3) is 5.91 Å². The van der Waals surface area contributed by atoms with Gasteiger partial charge in [-0.3, -0.25) is 4.79 Å². The number of halogens is 2. The minimum Gasteiger partial charge on any atom is -0.381 e. The zero-order chi connectivity index (χ0) is 14.8. The number of para-hydroxylation sites is 1. The van der Waals surface area contributed by atoms with E-state index in [0.29, 0.717) is 6.04 Å². The largest absolute Gasteiger partial charge is 0.381 e. The lowest BCUT2D eigenvalue weighted by molar-refractivity contribution is 0.102. The Bertz CT molecular complexity index is 649. The molecule has 0 saturated heterocycles. The molecule has 1 aromatic heterocycles. The van der Waals surface area contributed by atoms with Gasteiger partial charge in [-0.15, -0.1) is 0 Å². The van der Waals surface area contributed by atoms with Crippen molar-refractivity contribution in [1.82, 2.24) is 4.98 Å². The summed E-state index contributed by atoms with van der Waals surface area (Å²) in [4.78, 5) is 15.9. The molecule has 1 saturated carbocycles. The van der Waals surface area contributed by atoms with Crippen LogP contribution in [0.25, 0.3) is 0 Å². The van der Waals surface area contributed by atoms with Crippen molar-refractivity contribution in [2.45, 2.75) is 18.9 Å². The van der Waals surface area contributed by atoms with Gasteiger partial charge in [0.15, 0.2) is 0 Å². The zero-order valence-electron chi connectivity index (χ0n) is 11.1. The maximum Gasteiger partial charge on any atom is 0.274 e. The number of aromatic nitrogens is 1. The zero-order valence-corrected chi connectivity index (χ0v) is 11.1. The van der Waals surface area contributed by atoms with Gasteiger partial charge >= 0.3 is 0 Å². The van der Waals surface area contributed by atoms with Crippen LogP contribution in [-0.4, -0.2) is 16.9 Å². The van der Waals surface area contributed by atoms with E-state index in [9.17, 15) is 13.6 Å². The van der Waals surface area contributed by atoms with Crippen LogP contribution in [0.3, 0.4) is 0 Å². The number of nitrogens with one attached hydrogen (secondary N) is 2. The topological polar surface area (TPSA) is 54.0 Å². The van der Waals surface area contributed by atoms with E-state index in [4.69, 9.17) is 0 Å². The summed E-state index contributed by atoms with van der Waals surface area (Å²) in [5.74, 6) is -2.30. The second kappa shape index (κ2) is 5.47. The highest BCUT2D eigenvalue weighted by molar-refractivity contribution is 6.03. The average Bonchev–Trinajstić information content (AvgIpc) is 3.28. The molecule has 108 valence electrons. The summed E-state index contributed by atoms with van der Waals surface area (Å²) in [5, 5.41) is 5.43. The minimum atomic E-state index is -0.824. The number of amides is 1. The molecule has 0 spiro atoms. The van der Waals surface area contributed by atoms with Gasteiger partial charge in [0.2, 0.25) is 0 Å². The Morgan fingerprint density at radius 3 is 2.43 bits per heavy atom. The van der Waals surface area contributed by atoms with Crippen molar-refractivity contribution in [3.8, 4) is 0 Å². The Hall–Kier alpha value is -2.50. The highest BCUT2D eigenvalue weighted by Crippen LogP contribution is 2.24. The first-order valence-corrected chi connectivity index (χ1v) is 6.61. The number of hydrogen-bond acceptors (Lipinski definition) is 3. The van der Waals surface area contributed by atoms with Gasteiger partial charge in [-0.25, -0.2) is 13.8 Å². The van der Waals surface area contributed by atoms with Crippen molar-refractivity contribution in [3.05, 3.63) is 53.9 Å². The molecule has 21 heavy (non-hydrogen) atoms. The van der Waals surface area contributed by atoms with E-state index in [2.05, 4.69) is 15.6 Å². The van der Waals surface area contributed by atoms with Crippen molar-refractivity contribution in [1.29, 1.82) is 0 Å². The summed E-state index contributed by atoms with van der Waals surface area (Å²) >= 11 is 0. The van der Waals surface area contributed by atoms with Gasteiger partial charge in [0.1, 0.15) is 23.0 Å². The van der Waals surface area contributed by atoms with Crippen molar-refractivity contribution in [3.63, 3.8) is 0 Å². The third-order valence-electron chi connectivity index (χ3n) is 3.15. The average molecular weight is 289 g/mol. The molecular weight excluding hydrogens is 276 g/mol. The molecule has 0 aliphatic heterocycles. The van der Waals surface area contributed by atoms with Crippen LogP contribution < -0.4 is 10.6 Å². The molecule has 1 aliphatic rings. The van der Waals surface area contributed by atoms with E-state index >= 15 is 0 Å². The van der Waals surface area contributed by atoms with E-state index in [-0.39, 0.29) is 5.69 Å². The molecule has 6 heteroatoms. The van der Waals surface area contributed by atoms with Gasteiger partial charge in [-0.2, -0.15) is 0 Å². The SMILES string of the molecule is O=C(Nc1c(F)cccc1F)c1ccc(NC2CC2)cn1. The second-order valence-electron chi connectivity index (χ2n) is 4.90. The second-order valence-corrected chi connectivity index (χ2v) is 4.90. The number of hydrogen-bond donors (Lipinski definition) is 2. The molecule has 0 atom stereocenters. The Morgan fingerprint density at radius 1 is 1.14 bits per heavy atom. The molecule has 1 aromatic carbocycles. The molecule has 0 bridgehead atoms. The Balaban J connectivity index is 1.72. The smallest absolute Gasteiger partial charge is 0.274 e. The summed E-state index contributed by atoms with van der Waals surface area (Å²) in [6.45, 7) is 0. The maximum absolute atomic E-state index is 13.5. The van der Waals surface area contributed by atoms with E-state index in [0.717, 1.165) is 30.7 Å². The fraction of sp³-hybridized carbons (Fsp3) is 0.200. The van der Waals surface area contributed by atoms with Gasteiger partial charge in [0, 0.05) is 6.04 Å². The minimum absolute atomic E-state index is 0.0963. The van der Waals surface area contributed by atoms with Crippen molar-refractivity contribution >= 4 is 17.3 Å². The maximum atomic E-state index is 13.5. The van der Waals surface area contributed by atoms with Gasteiger partial charge < -0.3 is 10.6 Å². The van der Waals surface area contributed by atoms with Crippen LogP contribution in [0.15, 0.2) is 36.5 Å². The lowest BCUT2D eigenvalue weighted by Gasteiger charge is -2.08. The molecule has 2 N–H and O–H groups in total. The first-order valence-electron chi connectivity index (χ1n) is 6.61. The number of rotatable bonds is 4. The van der Waals surface area contributed by atoms with Crippen LogP contribution in [0.5, 0.6) is 0 Å². The first kappa shape index (κ1) is 13.5. The standard InChI is InChI=1S/C15H13F2N3O/c16-11-2-1-3-12(17)14(11)20-15(21)13-7-6-10(8-18-13)19-9-4-5-9/h1-3,6-9,19H,4-5H2,(H,20,21). The number of nitrogens with zero attached hydrogens (tertiary/aromatic N) is 1. The quantitative estimate of drug-likeness (QED) is 0.909. The fourth-order valence-electron chi connectivity index (χ4n) is 1.87. The summed E-state index contributed by atoms with van der Waals surface area (Å²) in [7, 11) is 0. The molecule has 1 aliphatic carbocycles. The van der Waals surface area contributed by atoms with E-state index in [1.54, 1.807) is 6.07 Å². The molecular formula is C15H13F2N3O. The monoisotopic (exact) mass is 289 g/mol. The van der Waals surface area contributed by atoms with Gasteiger partial charge in [0.05, 0.1) is 11.9 Å². The van der Waals surface area contributed by atoms with Crippen molar-refractivity contribution in [2.24, 2.45) is 0 Å². The highest BCUT2D eigenvalue weighted by atomic mass is 19.1. The highest BCUT2D eigenvalue weighted by Gasteiger charge is 2.21.